The van der Waals surface area contributed by atoms with Crippen molar-refractivity contribution in [3.05, 3.63) is 109 Å². The van der Waals surface area contributed by atoms with E-state index in [1.165, 1.54) is 148 Å². The third-order valence-corrected chi connectivity index (χ3v) is 12.6. The van der Waals surface area contributed by atoms with Crippen molar-refractivity contribution in [2.45, 2.75) is 277 Å². The Kier molecular flexibility index (Phi) is 56.9. The molecule has 1 atom stereocenters. The van der Waals surface area contributed by atoms with E-state index < -0.39 is 6.10 Å². The quantitative estimate of drug-likeness (QED) is 0.0373. The first-order chi connectivity index (χ1) is 34.6. The SMILES string of the molecule is CC/C=C\C/C=C\C/C=C\C/C=C\C/C=C\C/C=C\C/C=C\CCCCCCCCCC(=O)OC(CO)COC(=O)CCCCCCCCCCCCCCCCC/C=C\C/C=C\CCCCCCC. The van der Waals surface area contributed by atoms with Gasteiger partial charge in [0.25, 0.3) is 0 Å². The Morgan fingerprint density at radius 3 is 0.929 bits per heavy atom. The maximum absolute atomic E-state index is 12.3. The van der Waals surface area contributed by atoms with Crippen LogP contribution in [0.25, 0.3) is 0 Å². The van der Waals surface area contributed by atoms with Crippen LogP contribution in [0.3, 0.4) is 0 Å². The summed E-state index contributed by atoms with van der Waals surface area (Å²) in [7, 11) is 0. The lowest BCUT2D eigenvalue weighted by molar-refractivity contribution is -0.161. The van der Waals surface area contributed by atoms with Crippen LogP contribution in [-0.4, -0.2) is 36.4 Å². The fourth-order valence-electron chi connectivity index (χ4n) is 8.15. The zero-order valence-corrected chi connectivity index (χ0v) is 45.7. The van der Waals surface area contributed by atoms with Gasteiger partial charge in [0, 0.05) is 12.8 Å². The first kappa shape index (κ1) is 66.6. The zero-order valence-electron chi connectivity index (χ0n) is 45.7. The number of aliphatic hydroxyl groups is 1. The molecule has 0 amide bonds. The number of hydrogen-bond acceptors (Lipinski definition) is 5. The van der Waals surface area contributed by atoms with Crippen molar-refractivity contribution in [2.24, 2.45) is 0 Å². The number of unbranched alkanes of at least 4 members (excludes halogenated alkanes) is 27. The van der Waals surface area contributed by atoms with Gasteiger partial charge in [0.2, 0.25) is 0 Å². The highest BCUT2D eigenvalue weighted by Crippen LogP contribution is 2.16. The summed E-state index contributed by atoms with van der Waals surface area (Å²) in [5.41, 5.74) is 0. The number of aliphatic hydroxyl groups excluding tert-OH is 1. The van der Waals surface area contributed by atoms with Crippen LogP contribution in [0.2, 0.25) is 0 Å². The fourth-order valence-corrected chi connectivity index (χ4v) is 8.15. The number of allylic oxidation sites excluding steroid dienone is 18. The van der Waals surface area contributed by atoms with Crippen LogP contribution in [0, 0.1) is 0 Å². The van der Waals surface area contributed by atoms with Gasteiger partial charge in [-0.25, -0.2) is 0 Å². The number of ether oxygens (including phenoxy) is 2. The molecular formula is C65H110O5. The van der Waals surface area contributed by atoms with Gasteiger partial charge in [0.1, 0.15) is 6.61 Å². The summed E-state index contributed by atoms with van der Waals surface area (Å²) in [6, 6.07) is 0. The number of esters is 2. The van der Waals surface area contributed by atoms with Crippen molar-refractivity contribution in [1.29, 1.82) is 0 Å². The van der Waals surface area contributed by atoms with E-state index in [0.29, 0.717) is 12.8 Å². The Hall–Kier alpha value is -3.44. The number of carbonyl (C=O) groups is 2. The van der Waals surface area contributed by atoms with Gasteiger partial charge in [-0.15, -0.1) is 0 Å². The van der Waals surface area contributed by atoms with Crippen molar-refractivity contribution in [3.8, 4) is 0 Å². The molecule has 0 rings (SSSR count). The molecule has 0 aliphatic rings. The van der Waals surface area contributed by atoms with Crippen molar-refractivity contribution in [1.82, 2.24) is 0 Å². The molecule has 0 aromatic heterocycles. The molecule has 0 aromatic rings. The van der Waals surface area contributed by atoms with E-state index in [9.17, 15) is 14.7 Å². The molecule has 1 unspecified atom stereocenters. The average molecular weight is 972 g/mol. The number of carbonyl (C=O) groups excluding carboxylic acids is 2. The Morgan fingerprint density at radius 2 is 0.614 bits per heavy atom. The summed E-state index contributed by atoms with van der Waals surface area (Å²) in [4.78, 5) is 24.6. The van der Waals surface area contributed by atoms with E-state index >= 15 is 0 Å². The molecule has 0 spiro atoms. The lowest BCUT2D eigenvalue weighted by atomic mass is 10.0. The topological polar surface area (TPSA) is 72.8 Å². The van der Waals surface area contributed by atoms with Crippen molar-refractivity contribution in [2.75, 3.05) is 13.2 Å². The van der Waals surface area contributed by atoms with Gasteiger partial charge >= 0.3 is 11.9 Å². The minimum absolute atomic E-state index is 0.0750. The van der Waals surface area contributed by atoms with Crippen LogP contribution in [0.1, 0.15) is 271 Å². The first-order valence-corrected chi connectivity index (χ1v) is 29.4. The molecule has 0 aromatic carbocycles. The third-order valence-electron chi connectivity index (χ3n) is 12.6. The standard InChI is InChI=1S/C65H110O5/c1-3-5-7-9-11-13-15-17-19-21-23-25-27-29-31-32-34-36-38-40-42-44-46-48-50-52-54-56-58-60-65(68)70-63(61-66)62-69-64(67)59-57-55-53-51-49-47-45-43-41-39-37-35-33-30-28-26-24-22-20-18-16-14-12-10-8-6-4-2/h5,7,11,13,16-19,22-25,29,31,34,36,40,42,63,66H,3-4,6,8-10,12,14-15,20-21,26-28,30,32-33,35,37-39,41,43-62H2,1-2H3/b7-5-,13-11-,18-16-,19-17-,24-22-,25-23-,31-29-,36-34-,42-40-. The molecule has 70 heavy (non-hydrogen) atoms. The zero-order chi connectivity index (χ0) is 50.6. The van der Waals surface area contributed by atoms with E-state index in [4.69, 9.17) is 9.47 Å². The molecule has 0 aliphatic carbocycles. The second-order valence-electron chi connectivity index (χ2n) is 19.3. The van der Waals surface area contributed by atoms with E-state index in [0.717, 1.165) is 96.3 Å². The number of rotatable bonds is 53. The monoisotopic (exact) mass is 971 g/mol. The van der Waals surface area contributed by atoms with Gasteiger partial charge in [0.15, 0.2) is 6.10 Å². The Morgan fingerprint density at radius 1 is 0.343 bits per heavy atom. The molecule has 0 bridgehead atoms. The summed E-state index contributed by atoms with van der Waals surface area (Å²) in [5, 5.41) is 9.67. The summed E-state index contributed by atoms with van der Waals surface area (Å²) in [5.74, 6) is -0.603. The van der Waals surface area contributed by atoms with Gasteiger partial charge in [-0.3, -0.25) is 9.59 Å². The molecular weight excluding hydrogens is 861 g/mol. The van der Waals surface area contributed by atoms with Crippen LogP contribution in [0.4, 0.5) is 0 Å². The third kappa shape index (κ3) is 57.1. The predicted octanol–water partition coefficient (Wildman–Crippen LogP) is 20.1. The second kappa shape index (κ2) is 59.9. The molecule has 0 saturated heterocycles. The van der Waals surface area contributed by atoms with Gasteiger partial charge < -0.3 is 14.6 Å². The molecule has 1 N–H and O–H groups in total. The lowest BCUT2D eigenvalue weighted by Crippen LogP contribution is -2.28. The Labute approximate surface area is 433 Å². The second-order valence-corrected chi connectivity index (χ2v) is 19.3. The highest BCUT2D eigenvalue weighted by molar-refractivity contribution is 5.70. The molecule has 0 saturated carbocycles. The van der Waals surface area contributed by atoms with E-state index in [2.05, 4.69) is 123 Å². The molecule has 0 heterocycles. The van der Waals surface area contributed by atoms with Crippen molar-refractivity contribution >= 4 is 11.9 Å². The Bertz CT molecular complexity index is 1380. The van der Waals surface area contributed by atoms with E-state index in [1.54, 1.807) is 0 Å². The van der Waals surface area contributed by atoms with Gasteiger partial charge in [-0.2, -0.15) is 0 Å². The van der Waals surface area contributed by atoms with Crippen LogP contribution in [0.15, 0.2) is 109 Å². The van der Waals surface area contributed by atoms with Crippen LogP contribution < -0.4 is 0 Å². The lowest BCUT2D eigenvalue weighted by Gasteiger charge is -2.15. The fraction of sp³-hybridized carbons (Fsp3) is 0.692. The van der Waals surface area contributed by atoms with Crippen LogP contribution >= 0.6 is 0 Å². The minimum Gasteiger partial charge on any atom is -0.462 e. The van der Waals surface area contributed by atoms with Gasteiger partial charge in [0.05, 0.1) is 6.61 Å². The molecule has 0 fully saturated rings. The highest BCUT2D eigenvalue weighted by atomic mass is 16.6. The maximum Gasteiger partial charge on any atom is 0.306 e. The highest BCUT2D eigenvalue weighted by Gasteiger charge is 2.16. The van der Waals surface area contributed by atoms with Crippen molar-refractivity contribution in [3.63, 3.8) is 0 Å². The molecule has 400 valence electrons. The summed E-state index contributed by atoms with van der Waals surface area (Å²) < 4.78 is 10.7. The largest absolute Gasteiger partial charge is 0.462 e. The molecule has 5 nitrogen and oxygen atoms in total. The van der Waals surface area contributed by atoms with Gasteiger partial charge in [-0.05, 0) is 103 Å². The smallest absolute Gasteiger partial charge is 0.306 e. The normalized spacial score (nSPS) is 13.0. The summed E-state index contributed by atoms with van der Waals surface area (Å²) >= 11 is 0. The summed E-state index contributed by atoms with van der Waals surface area (Å²) in [6.45, 7) is 4.02. The minimum atomic E-state index is -0.786. The van der Waals surface area contributed by atoms with Crippen molar-refractivity contribution < 1.29 is 24.2 Å². The molecule has 5 heteroatoms. The van der Waals surface area contributed by atoms with Crippen LogP contribution in [-0.2, 0) is 19.1 Å². The average Bonchev–Trinajstić information content (AvgIpc) is 3.36. The molecule has 0 aliphatic heterocycles. The molecule has 0 radical (unpaired) electrons. The van der Waals surface area contributed by atoms with E-state index in [-0.39, 0.29) is 25.2 Å². The first-order valence-electron chi connectivity index (χ1n) is 29.4. The maximum atomic E-state index is 12.3. The predicted molar refractivity (Wildman–Crippen MR) is 306 cm³/mol. The van der Waals surface area contributed by atoms with Gasteiger partial charge in [-0.1, -0.05) is 264 Å². The number of hydrogen-bond donors (Lipinski definition) is 1. The van der Waals surface area contributed by atoms with E-state index in [1.807, 2.05) is 0 Å². The van der Waals surface area contributed by atoms with Crippen LogP contribution in [0.5, 0.6) is 0 Å². The Balaban J connectivity index is 3.54. The summed E-state index contributed by atoms with van der Waals surface area (Å²) in [6.07, 6.45) is 86.3.